The highest BCUT2D eigenvalue weighted by molar-refractivity contribution is 9.10. The van der Waals surface area contributed by atoms with E-state index in [1.54, 1.807) is 30.3 Å². The van der Waals surface area contributed by atoms with Gasteiger partial charge in [0.25, 0.3) is 11.5 Å². The number of carbonyl (C=O) groups is 1. The number of benzene rings is 3. The lowest BCUT2D eigenvalue weighted by molar-refractivity contribution is -0.146. The molecule has 1 aromatic heterocycles. The number of aliphatic hydroxyl groups is 1. The third-order valence-electron chi connectivity index (χ3n) is 8.55. The Labute approximate surface area is 246 Å². The molecule has 4 aromatic rings. The highest BCUT2D eigenvalue weighted by Gasteiger charge is 2.66. The minimum absolute atomic E-state index is 0.140. The number of anilines is 1. The average Bonchev–Trinajstić information content (AvgIpc) is 3.36. The van der Waals surface area contributed by atoms with Gasteiger partial charge in [0.1, 0.15) is 0 Å². The van der Waals surface area contributed by atoms with Gasteiger partial charge in [-0.05, 0) is 61.5 Å². The number of ether oxygens (including phenoxy) is 1. The maximum absolute atomic E-state index is 15.7. The van der Waals surface area contributed by atoms with Crippen LogP contribution >= 0.6 is 15.9 Å². The van der Waals surface area contributed by atoms with E-state index in [2.05, 4.69) is 21.0 Å². The van der Waals surface area contributed by atoms with Gasteiger partial charge in [-0.15, -0.1) is 0 Å². The molecular weight excluding hydrogens is 605 g/mol. The number of aromatic nitrogens is 2. The summed E-state index contributed by atoms with van der Waals surface area (Å²) in [5.41, 5.74) is 0.942. The van der Waals surface area contributed by atoms with Crippen molar-refractivity contribution in [3.8, 4) is 5.69 Å². The molecule has 41 heavy (non-hydrogen) atoms. The predicted octanol–water partition coefficient (Wildman–Crippen LogP) is 5.85. The number of hydrogen-bond donors (Lipinski definition) is 1. The van der Waals surface area contributed by atoms with Crippen molar-refractivity contribution >= 4 is 46.7 Å². The molecule has 3 aromatic carbocycles. The highest BCUT2D eigenvalue weighted by atomic mass is 79.9. The molecular formula is C31H31BrFN3O4Si. The van der Waals surface area contributed by atoms with Gasteiger partial charge >= 0.3 is 0 Å². The molecule has 1 fully saturated rings. The molecule has 1 spiro atoms. The molecule has 4 atom stereocenters. The third kappa shape index (κ3) is 4.48. The van der Waals surface area contributed by atoms with E-state index in [1.165, 1.54) is 4.68 Å². The topological polar surface area (TPSA) is 84.7 Å². The van der Waals surface area contributed by atoms with Gasteiger partial charge in [0.15, 0.2) is 5.60 Å². The zero-order valence-electron chi connectivity index (χ0n) is 23.1. The molecule has 10 heteroatoms. The molecule has 212 valence electrons. The van der Waals surface area contributed by atoms with Crippen LogP contribution in [0.2, 0.25) is 18.6 Å². The summed E-state index contributed by atoms with van der Waals surface area (Å²) in [6, 6.07) is 20.4. The highest BCUT2D eigenvalue weighted by Crippen LogP contribution is 2.60. The second kappa shape index (κ2) is 10.3. The molecule has 0 saturated carbocycles. The van der Waals surface area contributed by atoms with Crippen molar-refractivity contribution in [1.29, 1.82) is 0 Å². The van der Waals surface area contributed by atoms with Crippen LogP contribution in [-0.4, -0.2) is 41.9 Å². The van der Waals surface area contributed by atoms with Crippen LogP contribution in [-0.2, 0) is 21.7 Å². The van der Waals surface area contributed by atoms with Crippen LogP contribution in [0.1, 0.15) is 24.5 Å². The summed E-state index contributed by atoms with van der Waals surface area (Å²) in [5, 5.41) is 15.4. The fraction of sp³-hybridized carbons (Fsp3) is 0.323. The van der Waals surface area contributed by atoms with Crippen molar-refractivity contribution in [2.24, 2.45) is 5.92 Å². The third-order valence-corrected chi connectivity index (χ3v) is 11.5. The molecule has 7 nitrogen and oxygen atoms in total. The largest absolute Gasteiger partial charge is 0.396 e. The van der Waals surface area contributed by atoms with Crippen molar-refractivity contribution < 1.29 is 18.7 Å². The molecule has 0 aliphatic carbocycles. The number of fused-ring (bicyclic) bond motifs is 3. The Kier molecular flexibility index (Phi) is 7.00. The van der Waals surface area contributed by atoms with Crippen molar-refractivity contribution in [2.45, 2.75) is 50.2 Å². The molecule has 3 heterocycles. The van der Waals surface area contributed by atoms with Crippen LogP contribution in [0.25, 0.3) is 16.5 Å². The van der Waals surface area contributed by atoms with E-state index in [0.29, 0.717) is 11.1 Å². The van der Waals surface area contributed by atoms with Crippen LogP contribution in [0.4, 0.5) is 9.80 Å². The minimum atomic E-state index is -3.25. The van der Waals surface area contributed by atoms with Crippen LogP contribution in [0.15, 0.2) is 82.2 Å². The van der Waals surface area contributed by atoms with Gasteiger partial charge in [0, 0.05) is 33.5 Å². The van der Waals surface area contributed by atoms with Crippen molar-refractivity contribution in [1.82, 2.24) is 9.78 Å². The summed E-state index contributed by atoms with van der Waals surface area (Å²) in [6.07, 6.45) is 1.39. The predicted molar refractivity (Wildman–Crippen MR) is 162 cm³/mol. The van der Waals surface area contributed by atoms with Gasteiger partial charge in [-0.2, -0.15) is 9.78 Å². The fourth-order valence-corrected chi connectivity index (χ4v) is 9.68. The van der Waals surface area contributed by atoms with Gasteiger partial charge < -0.3 is 18.9 Å². The molecule has 0 bridgehead atoms. The summed E-state index contributed by atoms with van der Waals surface area (Å²) in [6.45, 7) is 5.34. The number of carbonyl (C=O) groups excluding carboxylic acids is 1. The number of halogens is 2. The summed E-state index contributed by atoms with van der Waals surface area (Å²) >= 11 is 3.55. The maximum Gasteiger partial charge on any atom is 0.279 e. The van der Waals surface area contributed by atoms with E-state index in [9.17, 15) is 14.7 Å². The second-order valence-electron chi connectivity index (χ2n) is 11.5. The van der Waals surface area contributed by atoms with Gasteiger partial charge in [-0.1, -0.05) is 53.2 Å². The molecule has 2 aliphatic heterocycles. The number of nitrogens with zero attached hydrogens (tertiary/aromatic N) is 3. The Morgan fingerprint density at radius 3 is 2.54 bits per heavy atom. The summed E-state index contributed by atoms with van der Waals surface area (Å²) in [4.78, 5) is 29.1. The molecule has 0 radical (unpaired) electrons. The van der Waals surface area contributed by atoms with E-state index >= 15 is 4.11 Å². The molecule has 2 aliphatic rings. The SMILES string of the molecule is C[C@@H]1[C@@H]([Si](C)(C)F)[C@H](CCO)O[C@@]12C(=O)N(Cc1ccc(-n3ncc4ccccc4c3=O)cc1)c1ccc(Br)cc12. The molecule has 1 N–H and O–H groups in total. The zero-order valence-corrected chi connectivity index (χ0v) is 25.6. The Balaban J connectivity index is 1.35. The second-order valence-corrected chi connectivity index (χ2v) is 16.2. The van der Waals surface area contributed by atoms with E-state index in [-0.39, 0.29) is 31.0 Å². The lowest BCUT2D eigenvalue weighted by Gasteiger charge is -2.31. The van der Waals surface area contributed by atoms with Crippen molar-refractivity contribution in [3.05, 3.63) is 98.9 Å². The van der Waals surface area contributed by atoms with Crippen LogP contribution in [0.5, 0.6) is 0 Å². The molecule has 1 amide bonds. The van der Waals surface area contributed by atoms with Gasteiger partial charge in [0.05, 0.1) is 35.6 Å². The van der Waals surface area contributed by atoms with E-state index in [0.717, 1.165) is 26.7 Å². The minimum Gasteiger partial charge on any atom is -0.396 e. The zero-order chi connectivity index (χ0) is 29.1. The van der Waals surface area contributed by atoms with E-state index in [1.807, 2.05) is 67.6 Å². The number of rotatable bonds is 6. The first-order chi connectivity index (χ1) is 19.6. The average molecular weight is 637 g/mol. The normalized spacial score (nSPS) is 24.0. The van der Waals surface area contributed by atoms with E-state index in [4.69, 9.17) is 4.74 Å². The molecule has 1 saturated heterocycles. The Morgan fingerprint density at radius 1 is 1.10 bits per heavy atom. The Hall–Kier alpha value is -3.18. The summed E-state index contributed by atoms with van der Waals surface area (Å²) < 4.78 is 24.4. The van der Waals surface area contributed by atoms with Gasteiger partial charge in [-0.3, -0.25) is 9.59 Å². The van der Waals surface area contributed by atoms with Crippen LogP contribution in [0.3, 0.4) is 0 Å². The number of hydrogen-bond acceptors (Lipinski definition) is 5. The maximum atomic E-state index is 15.7. The lowest BCUT2D eigenvalue weighted by atomic mass is 9.82. The first-order valence-electron chi connectivity index (χ1n) is 13.7. The van der Waals surface area contributed by atoms with Gasteiger partial charge in [0.2, 0.25) is 8.41 Å². The van der Waals surface area contributed by atoms with Crippen molar-refractivity contribution in [2.75, 3.05) is 11.5 Å². The first-order valence-corrected chi connectivity index (χ1v) is 17.5. The van der Waals surface area contributed by atoms with Crippen molar-refractivity contribution in [3.63, 3.8) is 0 Å². The van der Waals surface area contributed by atoms with Crippen LogP contribution in [0, 0.1) is 5.92 Å². The fourth-order valence-electron chi connectivity index (χ4n) is 6.77. The van der Waals surface area contributed by atoms with Crippen LogP contribution < -0.4 is 10.5 Å². The molecule has 6 rings (SSSR count). The van der Waals surface area contributed by atoms with E-state index < -0.39 is 31.6 Å². The van der Waals surface area contributed by atoms with Gasteiger partial charge in [-0.25, -0.2) is 0 Å². The number of amides is 1. The lowest BCUT2D eigenvalue weighted by Crippen LogP contribution is -2.45. The quantitative estimate of drug-likeness (QED) is 0.212. The smallest absolute Gasteiger partial charge is 0.279 e. The standard InChI is InChI=1S/C31H31BrFN3O4Si/c1-19-28(41(2,3)33)27(14-15-37)40-31(19)25-16-22(32)10-13-26(25)35(30(31)39)18-20-8-11-23(12-9-20)36-29(38)24-7-5-4-6-21(24)17-34-36/h4-13,16-17,19,27-28,37H,14-15,18H2,1-3H3/t19-,27+,28-,31+/m1/s1. The monoisotopic (exact) mass is 635 g/mol. The Bertz CT molecular complexity index is 1710. The summed E-state index contributed by atoms with van der Waals surface area (Å²) in [7, 11) is -3.25. The number of aliphatic hydroxyl groups excluding tert-OH is 1. The summed E-state index contributed by atoms with van der Waals surface area (Å²) in [5.74, 6) is -0.636. The molecule has 0 unspecified atom stereocenters. The Morgan fingerprint density at radius 2 is 1.83 bits per heavy atom. The first kappa shape index (κ1) is 28.0.